The number of hydrogen-bond donors (Lipinski definition) is 1. The van der Waals surface area contributed by atoms with Gasteiger partial charge in [-0.25, -0.2) is 0 Å². The second-order valence-electron chi connectivity index (χ2n) is 4.31. The Morgan fingerprint density at radius 2 is 2.06 bits per heavy atom. The number of nitrogens with two attached hydrogens (primary N) is 1. The summed E-state index contributed by atoms with van der Waals surface area (Å²) in [7, 11) is 0. The van der Waals surface area contributed by atoms with E-state index in [9.17, 15) is 0 Å². The SMILES string of the molecule is CCOCCCC(N)c1ccc(C)cc1C. The first-order valence-corrected chi connectivity index (χ1v) is 6.05. The molecule has 2 N–H and O–H groups in total. The number of hydrogen-bond acceptors (Lipinski definition) is 2. The number of ether oxygens (including phenoxy) is 1. The highest BCUT2D eigenvalue weighted by atomic mass is 16.5. The summed E-state index contributed by atoms with van der Waals surface area (Å²) in [6.07, 6.45) is 2.02. The van der Waals surface area contributed by atoms with Gasteiger partial charge in [-0.05, 0) is 44.7 Å². The summed E-state index contributed by atoms with van der Waals surface area (Å²) < 4.78 is 5.31. The van der Waals surface area contributed by atoms with Gasteiger partial charge in [-0.3, -0.25) is 0 Å². The molecule has 1 rings (SSSR count). The van der Waals surface area contributed by atoms with Crippen molar-refractivity contribution in [2.24, 2.45) is 5.73 Å². The predicted molar refractivity (Wildman–Crippen MR) is 68.6 cm³/mol. The fraction of sp³-hybridized carbons (Fsp3) is 0.571. The van der Waals surface area contributed by atoms with Crippen LogP contribution in [-0.2, 0) is 4.74 Å². The van der Waals surface area contributed by atoms with Crippen LogP contribution in [0.15, 0.2) is 18.2 Å². The summed E-state index contributed by atoms with van der Waals surface area (Å²) >= 11 is 0. The van der Waals surface area contributed by atoms with E-state index in [0.717, 1.165) is 26.1 Å². The minimum absolute atomic E-state index is 0.140. The predicted octanol–water partition coefficient (Wildman–Crippen LogP) is 3.12. The average molecular weight is 221 g/mol. The van der Waals surface area contributed by atoms with E-state index < -0.39 is 0 Å². The lowest BCUT2D eigenvalue weighted by Gasteiger charge is -2.15. The second kappa shape index (κ2) is 6.66. The molecule has 90 valence electrons. The van der Waals surface area contributed by atoms with Gasteiger partial charge in [0.05, 0.1) is 0 Å². The zero-order valence-electron chi connectivity index (χ0n) is 10.6. The monoisotopic (exact) mass is 221 g/mol. The van der Waals surface area contributed by atoms with Crippen LogP contribution in [0.3, 0.4) is 0 Å². The molecule has 0 saturated heterocycles. The van der Waals surface area contributed by atoms with Gasteiger partial charge in [0, 0.05) is 19.3 Å². The van der Waals surface area contributed by atoms with E-state index in [1.165, 1.54) is 16.7 Å². The Morgan fingerprint density at radius 1 is 1.31 bits per heavy atom. The fourth-order valence-corrected chi connectivity index (χ4v) is 1.95. The molecule has 0 aliphatic rings. The first kappa shape index (κ1) is 13.2. The van der Waals surface area contributed by atoms with Crippen LogP contribution in [0.1, 0.15) is 42.5 Å². The van der Waals surface area contributed by atoms with Crippen molar-refractivity contribution in [1.82, 2.24) is 0 Å². The smallest absolute Gasteiger partial charge is 0.0466 e. The minimum Gasteiger partial charge on any atom is -0.382 e. The largest absolute Gasteiger partial charge is 0.382 e. The van der Waals surface area contributed by atoms with Gasteiger partial charge in [-0.1, -0.05) is 23.8 Å². The average Bonchev–Trinajstić information content (AvgIpc) is 2.24. The van der Waals surface area contributed by atoms with Gasteiger partial charge in [0.2, 0.25) is 0 Å². The zero-order chi connectivity index (χ0) is 12.0. The van der Waals surface area contributed by atoms with Gasteiger partial charge in [0.1, 0.15) is 0 Å². The molecule has 16 heavy (non-hydrogen) atoms. The second-order valence-corrected chi connectivity index (χ2v) is 4.31. The molecule has 1 atom stereocenters. The van der Waals surface area contributed by atoms with Crippen molar-refractivity contribution in [3.8, 4) is 0 Å². The Morgan fingerprint density at radius 3 is 2.69 bits per heavy atom. The van der Waals surface area contributed by atoms with E-state index in [2.05, 4.69) is 32.0 Å². The van der Waals surface area contributed by atoms with Crippen molar-refractivity contribution < 1.29 is 4.74 Å². The Balaban J connectivity index is 2.49. The van der Waals surface area contributed by atoms with Gasteiger partial charge in [0.15, 0.2) is 0 Å². The third kappa shape index (κ3) is 3.95. The summed E-state index contributed by atoms with van der Waals surface area (Å²) in [5.41, 5.74) is 10.0. The zero-order valence-corrected chi connectivity index (χ0v) is 10.6. The molecule has 0 aliphatic carbocycles. The fourth-order valence-electron chi connectivity index (χ4n) is 1.95. The van der Waals surface area contributed by atoms with Crippen LogP contribution in [0.4, 0.5) is 0 Å². The highest BCUT2D eigenvalue weighted by molar-refractivity contribution is 5.32. The summed E-state index contributed by atoms with van der Waals surface area (Å²) in [6, 6.07) is 6.61. The molecule has 2 heteroatoms. The van der Waals surface area contributed by atoms with Crippen LogP contribution < -0.4 is 5.73 Å². The van der Waals surface area contributed by atoms with Crippen molar-refractivity contribution in [3.05, 3.63) is 34.9 Å². The van der Waals surface area contributed by atoms with Crippen LogP contribution in [0.2, 0.25) is 0 Å². The standard InChI is InChI=1S/C14H23NO/c1-4-16-9-5-6-14(15)13-8-7-11(2)10-12(13)3/h7-8,10,14H,4-6,9,15H2,1-3H3. The molecule has 0 spiro atoms. The molecule has 2 nitrogen and oxygen atoms in total. The van der Waals surface area contributed by atoms with Crippen molar-refractivity contribution >= 4 is 0 Å². The highest BCUT2D eigenvalue weighted by Gasteiger charge is 2.08. The third-order valence-electron chi connectivity index (χ3n) is 2.83. The molecule has 0 aliphatic heterocycles. The van der Waals surface area contributed by atoms with Gasteiger partial charge in [0.25, 0.3) is 0 Å². The Kier molecular flexibility index (Phi) is 5.50. The van der Waals surface area contributed by atoms with Crippen LogP contribution in [0.25, 0.3) is 0 Å². The van der Waals surface area contributed by atoms with E-state index in [1.54, 1.807) is 0 Å². The topological polar surface area (TPSA) is 35.2 Å². The van der Waals surface area contributed by atoms with Crippen LogP contribution in [0.5, 0.6) is 0 Å². The Labute approximate surface area is 98.8 Å². The Hall–Kier alpha value is -0.860. The summed E-state index contributed by atoms with van der Waals surface area (Å²) in [4.78, 5) is 0. The maximum absolute atomic E-state index is 6.17. The molecular formula is C14H23NO. The molecule has 0 fully saturated rings. The summed E-state index contributed by atoms with van der Waals surface area (Å²) in [5, 5.41) is 0. The van der Waals surface area contributed by atoms with Gasteiger partial charge in [-0.15, -0.1) is 0 Å². The minimum atomic E-state index is 0.140. The summed E-state index contributed by atoms with van der Waals surface area (Å²) in [6.45, 7) is 7.86. The molecule has 1 aromatic carbocycles. The van der Waals surface area contributed by atoms with Crippen molar-refractivity contribution in [3.63, 3.8) is 0 Å². The third-order valence-corrected chi connectivity index (χ3v) is 2.83. The van der Waals surface area contributed by atoms with Crippen LogP contribution >= 0.6 is 0 Å². The molecule has 1 aromatic rings. The lowest BCUT2D eigenvalue weighted by atomic mass is 9.97. The van der Waals surface area contributed by atoms with Crippen molar-refractivity contribution in [1.29, 1.82) is 0 Å². The first-order valence-electron chi connectivity index (χ1n) is 6.05. The van der Waals surface area contributed by atoms with Crippen molar-refractivity contribution in [2.45, 2.75) is 39.7 Å². The molecular weight excluding hydrogens is 198 g/mol. The normalized spacial score (nSPS) is 12.8. The Bertz CT molecular complexity index is 323. The van der Waals surface area contributed by atoms with Crippen LogP contribution in [-0.4, -0.2) is 13.2 Å². The van der Waals surface area contributed by atoms with Gasteiger partial charge < -0.3 is 10.5 Å². The van der Waals surface area contributed by atoms with E-state index in [-0.39, 0.29) is 6.04 Å². The molecule has 0 saturated carbocycles. The molecule has 0 amide bonds. The van der Waals surface area contributed by atoms with Crippen molar-refractivity contribution in [2.75, 3.05) is 13.2 Å². The number of rotatable bonds is 6. The molecule has 1 unspecified atom stereocenters. The lowest BCUT2D eigenvalue weighted by Crippen LogP contribution is -2.12. The lowest BCUT2D eigenvalue weighted by molar-refractivity contribution is 0.142. The van der Waals surface area contributed by atoms with E-state index in [0.29, 0.717) is 0 Å². The van der Waals surface area contributed by atoms with Gasteiger partial charge in [-0.2, -0.15) is 0 Å². The van der Waals surface area contributed by atoms with E-state index in [1.807, 2.05) is 6.92 Å². The first-order chi connectivity index (χ1) is 7.65. The molecule has 0 bridgehead atoms. The summed E-state index contributed by atoms with van der Waals surface area (Å²) in [5.74, 6) is 0. The highest BCUT2D eigenvalue weighted by Crippen LogP contribution is 2.20. The molecule has 0 heterocycles. The quantitative estimate of drug-likeness (QED) is 0.749. The maximum atomic E-state index is 6.17. The number of benzene rings is 1. The molecule has 0 radical (unpaired) electrons. The maximum Gasteiger partial charge on any atom is 0.0466 e. The molecule has 0 aromatic heterocycles. The van der Waals surface area contributed by atoms with E-state index in [4.69, 9.17) is 10.5 Å². The van der Waals surface area contributed by atoms with E-state index >= 15 is 0 Å². The van der Waals surface area contributed by atoms with Gasteiger partial charge >= 0.3 is 0 Å². The van der Waals surface area contributed by atoms with Crippen LogP contribution in [0, 0.1) is 13.8 Å². The number of aryl methyl sites for hydroxylation is 2.